The number of nitrogens with zero attached hydrogens (tertiary/aromatic N) is 3. The zero-order valence-corrected chi connectivity index (χ0v) is 14.1. The van der Waals surface area contributed by atoms with Crippen LogP contribution < -0.4 is 11.1 Å². The number of rotatable bonds is 7. The summed E-state index contributed by atoms with van der Waals surface area (Å²) in [4.78, 5) is 4.27. The highest BCUT2D eigenvalue weighted by atomic mass is 127. The Morgan fingerprint density at radius 1 is 1.63 bits per heavy atom. The molecule has 1 rings (SSSR count). The van der Waals surface area contributed by atoms with Crippen LogP contribution in [-0.2, 0) is 18.2 Å². The number of hydrogen-bond acceptors (Lipinski definition) is 3. The quantitative estimate of drug-likeness (QED) is 0.319. The number of nitrogens with one attached hydrogen (secondary N) is 1. The monoisotopic (exact) mass is 381 g/mol. The molecule has 0 amide bonds. The summed E-state index contributed by atoms with van der Waals surface area (Å²) in [5.41, 5.74) is 6.98. The number of hydrogen-bond donors (Lipinski definition) is 2. The van der Waals surface area contributed by atoms with Gasteiger partial charge >= 0.3 is 0 Å². The third kappa shape index (κ3) is 8.04. The Kier molecular flexibility index (Phi) is 9.58. The van der Waals surface area contributed by atoms with Crippen molar-refractivity contribution >= 4 is 29.9 Å². The summed E-state index contributed by atoms with van der Waals surface area (Å²) in [5, 5.41) is 7.19. The molecule has 19 heavy (non-hydrogen) atoms. The Morgan fingerprint density at radius 2 is 2.37 bits per heavy atom. The minimum Gasteiger partial charge on any atom is -0.383 e. The zero-order valence-electron chi connectivity index (χ0n) is 11.8. The Labute approximate surface area is 131 Å². The fourth-order valence-corrected chi connectivity index (χ4v) is 1.67. The summed E-state index contributed by atoms with van der Waals surface area (Å²) < 4.78 is 6.81. The third-order valence-electron chi connectivity index (χ3n) is 2.48. The molecule has 0 aliphatic rings. The van der Waals surface area contributed by atoms with Gasteiger partial charge in [-0.05, 0) is 25.3 Å². The van der Waals surface area contributed by atoms with E-state index in [0.29, 0.717) is 19.1 Å². The van der Waals surface area contributed by atoms with Crippen molar-refractivity contribution in [3.8, 4) is 0 Å². The van der Waals surface area contributed by atoms with E-state index in [9.17, 15) is 0 Å². The van der Waals surface area contributed by atoms with Crippen LogP contribution in [0.2, 0.25) is 0 Å². The summed E-state index contributed by atoms with van der Waals surface area (Å²) in [6.45, 7) is 3.33. The summed E-state index contributed by atoms with van der Waals surface area (Å²) in [5.74, 6) is 0.478. The van der Waals surface area contributed by atoms with Crippen LogP contribution in [0.15, 0.2) is 17.4 Å². The lowest BCUT2D eigenvalue weighted by molar-refractivity contribution is 0.179. The highest BCUT2D eigenvalue weighted by Gasteiger charge is 2.01. The van der Waals surface area contributed by atoms with Gasteiger partial charge in [-0.1, -0.05) is 0 Å². The molecule has 0 saturated carbocycles. The molecule has 0 saturated heterocycles. The molecular formula is C12H24IN5O. The van der Waals surface area contributed by atoms with E-state index < -0.39 is 0 Å². The molecular weight excluding hydrogens is 357 g/mol. The van der Waals surface area contributed by atoms with E-state index in [1.165, 1.54) is 5.56 Å². The molecule has 0 fully saturated rings. The molecule has 1 aromatic rings. The maximum Gasteiger partial charge on any atom is 0.188 e. The first-order valence-corrected chi connectivity index (χ1v) is 6.14. The van der Waals surface area contributed by atoms with Gasteiger partial charge in [0.25, 0.3) is 0 Å². The van der Waals surface area contributed by atoms with Gasteiger partial charge in [0.05, 0.1) is 12.8 Å². The van der Waals surface area contributed by atoms with Crippen molar-refractivity contribution in [2.45, 2.75) is 25.8 Å². The predicted molar refractivity (Wildman–Crippen MR) is 87.9 cm³/mol. The summed E-state index contributed by atoms with van der Waals surface area (Å²) in [7, 11) is 3.58. The lowest BCUT2D eigenvalue weighted by Crippen LogP contribution is -2.40. The number of nitrogens with two attached hydrogens (primary N) is 1. The van der Waals surface area contributed by atoms with Crippen LogP contribution in [0, 0.1) is 0 Å². The molecule has 0 spiro atoms. The molecule has 110 valence electrons. The van der Waals surface area contributed by atoms with Crippen molar-refractivity contribution in [1.82, 2.24) is 15.1 Å². The first kappa shape index (κ1) is 18.2. The van der Waals surface area contributed by atoms with Gasteiger partial charge in [-0.15, -0.1) is 24.0 Å². The topological polar surface area (TPSA) is 77.5 Å². The molecule has 3 N–H and O–H groups in total. The smallest absolute Gasteiger partial charge is 0.188 e. The SMILES string of the molecule is COCC(C)NC(N)=NCCCc1cnn(C)c1.I. The lowest BCUT2D eigenvalue weighted by Gasteiger charge is -2.12. The number of aliphatic imine (C=N–C) groups is 1. The van der Waals surface area contributed by atoms with Crippen LogP contribution in [0.1, 0.15) is 18.9 Å². The average Bonchev–Trinajstić information content (AvgIpc) is 2.71. The minimum absolute atomic E-state index is 0. The molecule has 6 nitrogen and oxygen atoms in total. The van der Waals surface area contributed by atoms with Gasteiger partial charge in [-0.3, -0.25) is 9.67 Å². The van der Waals surface area contributed by atoms with Gasteiger partial charge in [0, 0.05) is 32.9 Å². The molecule has 1 heterocycles. The van der Waals surface area contributed by atoms with Gasteiger partial charge in [-0.25, -0.2) is 0 Å². The first-order chi connectivity index (χ1) is 8.61. The molecule has 1 atom stereocenters. The third-order valence-corrected chi connectivity index (χ3v) is 2.48. The van der Waals surface area contributed by atoms with Crippen molar-refractivity contribution in [2.24, 2.45) is 17.8 Å². The fraction of sp³-hybridized carbons (Fsp3) is 0.667. The van der Waals surface area contributed by atoms with Crippen LogP contribution in [0.4, 0.5) is 0 Å². The summed E-state index contributed by atoms with van der Waals surface area (Å²) in [6.07, 6.45) is 5.84. The van der Waals surface area contributed by atoms with E-state index in [1.54, 1.807) is 11.8 Å². The number of ether oxygens (including phenoxy) is 1. The summed E-state index contributed by atoms with van der Waals surface area (Å²) >= 11 is 0. The second-order valence-corrected chi connectivity index (χ2v) is 4.39. The molecule has 0 aromatic carbocycles. The van der Waals surface area contributed by atoms with E-state index in [-0.39, 0.29) is 30.0 Å². The van der Waals surface area contributed by atoms with Crippen molar-refractivity contribution in [3.63, 3.8) is 0 Å². The van der Waals surface area contributed by atoms with E-state index in [4.69, 9.17) is 10.5 Å². The van der Waals surface area contributed by atoms with Crippen molar-refractivity contribution < 1.29 is 4.74 Å². The van der Waals surface area contributed by atoms with Crippen LogP contribution in [-0.4, -0.2) is 42.0 Å². The highest BCUT2D eigenvalue weighted by Crippen LogP contribution is 2.00. The number of methoxy groups -OCH3 is 1. The Hall–Kier alpha value is -0.830. The molecule has 0 aliphatic carbocycles. The second kappa shape index (κ2) is 10.0. The summed E-state index contributed by atoms with van der Waals surface area (Å²) in [6, 6.07) is 0.178. The van der Waals surface area contributed by atoms with E-state index >= 15 is 0 Å². The van der Waals surface area contributed by atoms with E-state index in [1.807, 2.05) is 26.4 Å². The van der Waals surface area contributed by atoms with Gasteiger partial charge in [0.15, 0.2) is 5.96 Å². The maximum atomic E-state index is 5.76. The van der Waals surface area contributed by atoms with E-state index in [0.717, 1.165) is 12.8 Å². The Morgan fingerprint density at radius 3 is 2.95 bits per heavy atom. The molecule has 0 aliphatic heterocycles. The normalized spacial score (nSPS) is 12.9. The predicted octanol–water partition coefficient (Wildman–Crippen LogP) is 0.910. The lowest BCUT2D eigenvalue weighted by atomic mass is 10.2. The number of guanidine groups is 1. The Bertz CT molecular complexity index is 380. The molecule has 1 aromatic heterocycles. The van der Waals surface area contributed by atoms with Crippen LogP contribution in [0.5, 0.6) is 0 Å². The van der Waals surface area contributed by atoms with Gasteiger partial charge < -0.3 is 15.8 Å². The van der Waals surface area contributed by atoms with Gasteiger partial charge in [0.1, 0.15) is 0 Å². The maximum absolute atomic E-state index is 5.76. The van der Waals surface area contributed by atoms with Crippen LogP contribution in [0.3, 0.4) is 0 Å². The molecule has 1 unspecified atom stereocenters. The first-order valence-electron chi connectivity index (χ1n) is 6.14. The van der Waals surface area contributed by atoms with Crippen molar-refractivity contribution in [3.05, 3.63) is 18.0 Å². The zero-order chi connectivity index (χ0) is 13.4. The largest absolute Gasteiger partial charge is 0.383 e. The molecule has 0 bridgehead atoms. The number of aryl methyl sites for hydroxylation is 2. The Balaban J connectivity index is 0.00000324. The fourth-order valence-electron chi connectivity index (χ4n) is 1.67. The van der Waals surface area contributed by atoms with Gasteiger partial charge in [0.2, 0.25) is 0 Å². The van der Waals surface area contributed by atoms with E-state index in [2.05, 4.69) is 15.4 Å². The second-order valence-electron chi connectivity index (χ2n) is 4.39. The van der Waals surface area contributed by atoms with Crippen molar-refractivity contribution in [2.75, 3.05) is 20.3 Å². The standard InChI is InChI=1S/C12H23N5O.HI/c1-10(9-18-3)16-12(13)14-6-4-5-11-7-15-17(2)8-11;/h7-8,10H,4-6,9H2,1-3H3,(H3,13,14,16);1H. The molecule has 0 radical (unpaired) electrons. The minimum atomic E-state index is 0. The number of halogens is 1. The molecule has 7 heteroatoms. The highest BCUT2D eigenvalue weighted by molar-refractivity contribution is 14.0. The van der Waals surface area contributed by atoms with Crippen molar-refractivity contribution in [1.29, 1.82) is 0 Å². The van der Waals surface area contributed by atoms with Crippen LogP contribution in [0.25, 0.3) is 0 Å². The number of aromatic nitrogens is 2. The average molecular weight is 381 g/mol. The van der Waals surface area contributed by atoms with Gasteiger partial charge in [-0.2, -0.15) is 5.10 Å². The van der Waals surface area contributed by atoms with Crippen LogP contribution >= 0.6 is 24.0 Å².